The topological polar surface area (TPSA) is 80.7 Å². The number of benzene rings is 2. The van der Waals surface area contributed by atoms with Gasteiger partial charge in [0.05, 0.1) is 13.2 Å². The van der Waals surface area contributed by atoms with Crippen molar-refractivity contribution >= 4 is 5.91 Å². The van der Waals surface area contributed by atoms with E-state index in [4.69, 9.17) is 4.74 Å². The third kappa shape index (κ3) is 4.61. The third-order valence-corrected chi connectivity index (χ3v) is 5.29. The Kier molecular flexibility index (Phi) is 5.94. The predicted molar refractivity (Wildman–Crippen MR) is 108 cm³/mol. The largest absolute Gasteiger partial charge is 0.573 e. The van der Waals surface area contributed by atoms with Gasteiger partial charge in [0.1, 0.15) is 17.0 Å². The molecule has 0 aliphatic carbocycles. The van der Waals surface area contributed by atoms with E-state index in [1.54, 1.807) is 24.3 Å². The van der Waals surface area contributed by atoms with E-state index in [0.29, 0.717) is 17.0 Å². The van der Waals surface area contributed by atoms with E-state index in [2.05, 4.69) is 15.0 Å². The highest BCUT2D eigenvalue weighted by Crippen LogP contribution is 2.42. The molecule has 1 amide bonds. The fourth-order valence-corrected chi connectivity index (χ4v) is 3.74. The number of rotatable bonds is 5. The molecule has 10 heteroatoms. The Bertz CT molecular complexity index is 1170. The van der Waals surface area contributed by atoms with Crippen molar-refractivity contribution in [3.8, 4) is 11.5 Å². The first kappa shape index (κ1) is 22.5. The minimum atomic E-state index is -5.05. The SMILES string of the molecule is O=C(NC1(c2ccc(OC(F)(F)F)c(F)c2)CCOc2cccnc21)c1ccc(CO)cc1. The summed E-state index contributed by atoms with van der Waals surface area (Å²) in [6.07, 6.45) is -3.43. The molecule has 2 N–H and O–H groups in total. The van der Waals surface area contributed by atoms with Gasteiger partial charge >= 0.3 is 6.36 Å². The molecule has 1 aliphatic heterocycles. The minimum Gasteiger partial charge on any atom is -0.491 e. The van der Waals surface area contributed by atoms with Gasteiger partial charge in [-0.2, -0.15) is 0 Å². The van der Waals surface area contributed by atoms with E-state index >= 15 is 0 Å². The molecule has 172 valence electrons. The lowest BCUT2D eigenvalue weighted by Gasteiger charge is -2.39. The highest BCUT2D eigenvalue weighted by molar-refractivity contribution is 5.95. The maximum atomic E-state index is 14.6. The van der Waals surface area contributed by atoms with Crippen LogP contribution in [-0.4, -0.2) is 29.0 Å². The average molecular weight is 462 g/mol. The number of pyridine rings is 1. The molecule has 0 bridgehead atoms. The number of aromatic nitrogens is 1. The number of alkyl halides is 3. The van der Waals surface area contributed by atoms with Crippen molar-refractivity contribution in [3.05, 3.63) is 89.0 Å². The highest BCUT2D eigenvalue weighted by atomic mass is 19.4. The maximum Gasteiger partial charge on any atom is 0.573 e. The van der Waals surface area contributed by atoms with Crippen molar-refractivity contribution in [3.63, 3.8) is 0 Å². The summed E-state index contributed by atoms with van der Waals surface area (Å²) in [7, 11) is 0. The van der Waals surface area contributed by atoms with E-state index in [1.807, 2.05) is 0 Å². The van der Waals surface area contributed by atoms with Gasteiger partial charge in [0.15, 0.2) is 11.6 Å². The third-order valence-electron chi connectivity index (χ3n) is 5.29. The monoisotopic (exact) mass is 462 g/mol. The smallest absolute Gasteiger partial charge is 0.491 e. The number of nitrogens with zero attached hydrogens (tertiary/aromatic N) is 1. The van der Waals surface area contributed by atoms with Crippen LogP contribution in [0.5, 0.6) is 11.5 Å². The fraction of sp³-hybridized carbons (Fsp3) is 0.217. The molecule has 0 saturated carbocycles. The van der Waals surface area contributed by atoms with Crippen LogP contribution in [0.25, 0.3) is 0 Å². The molecule has 2 aromatic carbocycles. The molecule has 0 radical (unpaired) electrons. The summed E-state index contributed by atoms with van der Waals surface area (Å²) >= 11 is 0. The fourth-order valence-electron chi connectivity index (χ4n) is 3.74. The van der Waals surface area contributed by atoms with Crippen LogP contribution >= 0.6 is 0 Å². The summed E-state index contributed by atoms with van der Waals surface area (Å²) in [4.78, 5) is 17.5. The van der Waals surface area contributed by atoms with Crippen LogP contribution in [0.15, 0.2) is 60.8 Å². The number of hydrogen-bond acceptors (Lipinski definition) is 5. The molecule has 6 nitrogen and oxygen atoms in total. The van der Waals surface area contributed by atoms with Gasteiger partial charge in [0, 0.05) is 18.2 Å². The van der Waals surface area contributed by atoms with Crippen molar-refractivity contribution in [2.45, 2.75) is 24.9 Å². The summed E-state index contributed by atoms with van der Waals surface area (Å²) in [6, 6.07) is 12.5. The number of carbonyl (C=O) groups excluding carboxylic acids is 1. The van der Waals surface area contributed by atoms with Crippen molar-refractivity contribution in [1.29, 1.82) is 0 Å². The van der Waals surface area contributed by atoms with Gasteiger partial charge in [0.25, 0.3) is 5.91 Å². The predicted octanol–water partition coefficient (Wildman–Crippen LogP) is 4.07. The van der Waals surface area contributed by atoms with Crippen LogP contribution < -0.4 is 14.8 Å². The molecule has 0 spiro atoms. The van der Waals surface area contributed by atoms with Gasteiger partial charge in [-0.3, -0.25) is 9.78 Å². The van der Waals surface area contributed by atoms with Gasteiger partial charge in [-0.25, -0.2) is 4.39 Å². The maximum absolute atomic E-state index is 14.6. The van der Waals surface area contributed by atoms with E-state index in [0.717, 1.165) is 12.1 Å². The second-order valence-electron chi connectivity index (χ2n) is 7.36. The zero-order valence-corrected chi connectivity index (χ0v) is 17.0. The number of ether oxygens (including phenoxy) is 2. The van der Waals surface area contributed by atoms with Crippen LogP contribution in [0.3, 0.4) is 0 Å². The minimum absolute atomic E-state index is 0.144. The van der Waals surface area contributed by atoms with Crippen LogP contribution in [-0.2, 0) is 12.1 Å². The molecule has 1 aromatic heterocycles. The average Bonchev–Trinajstić information content (AvgIpc) is 2.80. The van der Waals surface area contributed by atoms with Gasteiger partial charge < -0.3 is 19.9 Å². The summed E-state index contributed by atoms with van der Waals surface area (Å²) in [5.41, 5.74) is -0.0209. The quantitative estimate of drug-likeness (QED) is 0.559. The molecule has 4 rings (SSSR count). The summed E-state index contributed by atoms with van der Waals surface area (Å²) < 4.78 is 61.7. The van der Waals surface area contributed by atoms with Crippen LogP contribution in [0, 0.1) is 5.82 Å². The van der Waals surface area contributed by atoms with E-state index < -0.39 is 29.4 Å². The van der Waals surface area contributed by atoms with Gasteiger partial charge in [-0.1, -0.05) is 18.2 Å². The summed E-state index contributed by atoms with van der Waals surface area (Å²) in [5, 5.41) is 12.1. The highest BCUT2D eigenvalue weighted by Gasteiger charge is 2.43. The molecule has 0 saturated heterocycles. The van der Waals surface area contributed by atoms with Crippen LogP contribution in [0.4, 0.5) is 17.6 Å². The zero-order valence-electron chi connectivity index (χ0n) is 17.0. The van der Waals surface area contributed by atoms with Gasteiger partial charge in [0.2, 0.25) is 0 Å². The Morgan fingerprint density at radius 3 is 2.61 bits per heavy atom. The number of amides is 1. The Morgan fingerprint density at radius 2 is 1.94 bits per heavy atom. The standard InChI is InChI=1S/C23H18F4N2O4/c24-17-12-16(7-8-18(17)33-23(25,26)27)22(9-11-32-19-2-1-10-28-20(19)22)29-21(31)15-5-3-14(13-30)4-6-15/h1-8,10,12,30H,9,11,13H2,(H,29,31). The number of carbonyl (C=O) groups is 1. The van der Waals surface area contributed by atoms with E-state index in [1.165, 1.54) is 24.4 Å². The lowest BCUT2D eigenvalue weighted by Crippen LogP contribution is -2.50. The number of nitrogens with one attached hydrogen (secondary N) is 1. The number of aliphatic hydroxyl groups excluding tert-OH is 1. The Balaban J connectivity index is 1.78. The zero-order chi connectivity index (χ0) is 23.6. The second kappa shape index (κ2) is 8.70. The summed E-state index contributed by atoms with van der Waals surface area (Å²) in [5.74, 6) is -2.39. The van der Waals surface area contributed by atoms with Crippen molar-refractivity contribution < 1.29 is 36.9 Å². The molecule has 33 heavy (non-hydrogen) atoms. The normalized spacial score (nSPS) is 17.6. The molecule has 1 aliphatic rings. The molecule has 1 atom stereocenters. The molecule has 2 heterocycles. The number of halogens is 4. The molecular formula is C23H18F4N2O4. The van der Waals surface area contributed by atoms with Crippen LogP contribution in [0.1, 0.15) is 33.6 Å². The van der Waals surface area contributed by atoms with Gasteiger partial charge in [-0.05, 0) is 47.5 Å². The Morgan fingerprint density at radius 1 is 1.18 bits per heavy atom. The summed E-state index contributed by atoms with van der Waals surface area (Å²) in [6.45, 7) is -0.0447. The van der Waals surface area contributed by atoms with E-state index in [-0.39, 0.29) is 30.8 Å². The molecular weight excluding hydrogens is 444 g/mol. The first-order valence-corrected chi connectivity index (χ1v) is 9.88. The van der Waals surface area contributed by atoms with Crippen molar-refractivity contribution in [2.75, 3.05) is 6.61 Å². The first-order valence-electron chi connectivity index (χ1n) is 9.88. The molecule has 3 aromatic rings. The van der Waals surface area contributed by atoms with E-state index in [9.17, 15) is 27.5 Å². The number of fused-ring (bicyclic) bond motifs is 1. The second-order valence-corrected chi connectivity index (χ2v) is 7.36. The Hall–Kier alpha value is -3.66. The Labute approximate surface area is 185 Å². The van der Waals surface area contributed by atoms with Gasteiger partial charge in [-0.15, -0.1) is 13.2 Å². The molecule has 0 fully saturated rings. The van der Waals surface area contributed by atoms with Crippen LogP contribution in [0.2, 0.25) is 0 Å². The van der Waals surface area contributed by atoms with Crippen molar-refractivity contribution in [2.24, 2.45) is 0 Å². The molecule has 1 unspecified atom stereocenters. The number of hydrogen-bond donors (Lipinski definition) is 2. The number of aliphatic hydroxyl groups is 1. The first-order chi connectivity index (χ1) is 15.7. The lowest BCUT2D eigenvalue weighted by molar-refractivity contribution is -0.275. The lowest BCUT2D eigenvalue weighted by atomic mass is 9.81. The van der Waals surface area contributed by atoms with Crippen molar-refractivity contribution in [1.82, 2.24) is 10.3 Å².